The van der Waals surface area contributed by atoms with Gasteiger partial charge < -0.3 is 18.9 Å². The van der Waals surface area contributed by atoms with Crippen LogP contribution in [-0.2, 0) is 19.8 Å². The molecule has 0 aromatic heterocycles. The number of ether oxygens (including phenoxy) is 4. The van der Waals surface area contributed by atoms with Crippen molar-refractivity contribution in [3.8, 4) is 11.5 Å². The van der Waals surface area contributed by atoms with E-state index in [4.69, 9.17) is 18.9 Å². The minimum absolute atomic E-state index is 0.0571. The van der Waals surface area contributed by atoms with Gasteiger partial charge in [0.05, 0.1) is 5.56 Å². The number of anilines is 2. The van der Waals surface area contributed by atoms with Gasteiger partial charge >= 0.3 is 18.2 Å². The Labute approximate surface area is 212 Å². The van der Waals surface area contributed by atoms with Crippen molar-refractivity contribution in [1.29, 1.82) is 0 Å². The summed E-state index contributed by atoms with van der Waals surface area (Å²) in [5.41, 5.74) is 1.77. The SMILES string of the molecule is C=CCOC(=O)Nc1ccc2c(c1)Oc1cc(NC(=O)OCC=C)ccc1C21OC(=O)c2ccccc21. The minimum Gasteiger partial charge on any atom is -0.456 e. The molecule has 9 nitrogen and oxygen atoms in total. The third-order valence-corrected chi connectivity index (χ3v) is 5.87. The van der Waals surface area contributed by atoms with E-state index in [-0.39, 0.29) is 13.2 Å². The first-order valence-corrected chi connectivity index (χ1v) is 11.4. The summed E-state index contributed by atoms with van der Waals surface area (Å²) in [6.07, 6.45) is 1.60. The van der Waals surface area contributed by atoms with Crippen molar-refractivity contribution in [2.24, 2.45) is 0 Å². The Hall–Kier alpha value is -5.05. The molecule has 0 bridgehead atoms. The normalized spacial score (nSPS) is 13.7. The van der Waals surface area contributed by atoms with Crippen LogP contribution in [0.25, 0.3) is 0 Å². The van der Waals surface area contributed by atoms with Crippen LogP contribution in [0.3, 0.4) is 0 Å². The predicted octanol–water partition coefficient (Wildman–Crippen LogP) is 5.72. The van der Waals surface area contributed by atoms with Gasteiger partial charge in [-0.15, -0.1) is 0 Å². The van der Waals surface area contributed by atoms with Gasteiger partial charge in [0.1, 0.15) is 24.7 Å². The van der Waals surface area contributed by atoms with Gasteiger partial charge in [-0.1, -0.05) is 43.5 Å². The van der Waals surface area contributed by atoms with E-state index in [1.807, 2.05) is 12.1 Å². The highest BCUT2D eigenvalue weighted by molar-refractivity contribution is 5.97. The van der Waals surface area contributed by atoms with Crippen molar-refractivity contribution in [2.45, 2.75) is 5.60 Å². The summed E-state index contributed by atoms with van der Waals surface area (Å²) < 4.78 is 22.3. The monoisotopic (exact) mass is 498 g/mol. The van der Waals surface area contributed by atoms with Gasteiger partial charge in [-0.3, -0.25) is 10.6 Å². The zero-order chi connectivity index (χ0) is 26.0. The molecule has 2 aliphatic rings. The molecule has 0 radical (unpaired) electrons. The van der Waals surface area contributed by atoms with Gasteiger partial charge in [-0.25, -0.2) is 14.4 Å². The molecular formula is C28H22N2O7. The van der Waals surface area contributed by atoms with E-state index < -0.39 is 23.8 Å². The number of amides is 2. The molecule has 1 spiro atoms. The summed E-state index contributed by atoms with van der Waals surface area (Å²) in [5, 5.41) is 5.27. The standard InChI is InChI=1S/C28H22N2O7/c1-3-13-34-26(32)29-17-9-11-21-23(15-17)36-24-16-18(30-27(33)35-14-4-2)10-12-22(24)28(21)20-8-6-5-7-19(20)25(31)37-28/h3-12,15-16H,1-2,13-14H2,(H,29,32)(H,30,33). The van der Waals surface area contributed by atoms with Crippen LogP contribution < -0.4 is 15.4 Å². The molecule has 0 saturated carbocycles. The Morgan fingerprint density at radius 2 is 1.35 bits per heavy atom. The van der Waals surface area contributed by atoms with Crippen LogP contribution in [0.5, 0.6) is 11.5 Å². The van der Waals surface area contributed by atoms with Gasteiger partial charge in [0, 0.05) is 40.2 Å². The highest BCUT2D eigenvalue weighted by atomic mass is 16.6. The van der Waals surface area contributed by atoms with E-state index in [0.717, 1.165) is 0 Å². The van der Waals surface area contributed by atoms with Crippen molar-refractivity contribution >= 4 is 29.5 Å². The smallest absolute Gasteiger partial charge is 0.411 e. The number of nitrogens with one attached hydrogen (secondary N) is 2. The Morgan fingerprint density at radius 3 is 1.89 bits per heavy atom. The Bertz CT molecular complexity index is 1370. The molecule has 0 aliphatic carbocycles. The molecule has 2 amide bonds. The van der Waals surface area contributed by atoms with Crippen LogP contribution in [0, 0.1) is 0 Å². The van der Waals surface area contributed by atoms with E-state index in [2.05, 4.69) is 23.8 Å². The average Bonchev–Trinajstić information content (AvgIpc) is 3.19. The average molecular weight is 498 g/mol. The molecule has 0 saturated heterocycles. The molecule has 2 heterocycles. The number of esters is 1. The van der Waals surface area contributed by atoms with Gasteiger partial charge in [-0.2, -0.15) is 0 Å². The summed E-state index contributed by atoms with van der Waals surface area (Å²) in [7, 11) is 0. The second kappa shape index (κ2) is 9.54. The first-order valence-electron chi connectivity index (χ1n) is 11.4. The number of hydrogen-bond acceptors (Lipinski definition) is 7. The molecule has 0 atom stereocenters. The van der Waals surface area contributed by atoms with Gasteiger partial charge in [0.25, 0.3) is 0 Å². The summed E-state index contributed by atoms with van der Waals surface area (Å²) >= 11 is 0. The van der Waals surface area contributed by atoms with Gasteiger partial charge in [0.15, 0.2) is 5.60 Å². The van der Waals surface area contributed by atoms with Crippen molar-refractivity contribution in [3.63, 3.8) is 0 Å². The number of rotatable bonds is 6. The van der Waals surface area contributed by atoms with Crippen LogP contribution in [0.15, 0.2) is 86.0 Å². The molecule has 0 fully saturated rings. The fourth-order valence-electron chi connectivity index (χ4n) is 4.41. The molecule has 2 N–H and O–H groups in total. The Balaban J connectivity index is 1.60. The molecule has 9 heteroatoms. The third kappa shape index (κ3) is 4.16. The second-order valence-electron chi connectivity index (χ2n) is 8.16. The zero-order valence-electron chi connectivity index (χ0n) is 19.6. The topological polar surface area (TPSA) is 112 Å². The zero-order valence-corrected chi connectivity index (χ0v) is 19.6. The van der Waals surface area contributed by atoms with E-state index >= 15 is 0 Å². The molecule has 186 valence electrons. The van der Waals surface area contributed by atoms with Crippen molar-refractivity contribution in [2.75, 3.05) is 23.8 Å². The predicted molar refractivity (Wildman–Crippen MR) is 135 cm³/mol. The number of carbonyl (C=O) groups is 3. The minimum atomic E-state index is -1.29. The lowest BCUT2D eigenvalue weighted by Crippen LogP contribution is -2.33. The highest BCUT2D eigenvalue weighted by Gasteiger charge is 2.53. The fourth-order valence-corrected chi connectivity index (χ4v) is 4.41. The fraction of sp³-hybridized carbons (Fsp3) is 0.107. The lowest BCUT2D eigenvalue weighted by Gasteiger charge is -2.36. The Morgan fingerprint density at radius 1 is 0.811 bits per heavy atom. The maximum atomic E-state index is 13.0. The summed E-state index contributed by atoms with van der Waals surface area (Å²) in [6.45, 7) is 7.15. The first-order chi connectivity index (χ1) is 18.0. The van der Waals surface area contributed by atoms with Gasteiger partial charge in [0.2, 0.25) is 0 Å². The summed E-state index contributed by atoms with van der Waals surface area (Å²) in [4.78, 5) is 37.1. The molecular weight excluding hydrogens is 476 g/mol. The summed E-state index contributed by atoms with van der Waals surface area (Å²) in [6, 6.07) is 17.2. The number of hydrogen-bond donors (Lipinski definition) is 2. The number of carbonyl (C=O) groups excluding carboxylic acids is 3. The largest absolute Gasteiger partial charge is 0.456 e. The van der Waals surface area contributed by atoms with Crippen molar-refractivity contribution in [3.05, 3.63) is 108 Å². The third-order valence-electron chi connectivity index (χ3n) is 5.87. The maximum Gasteiger partial charge on any atom is 0.411 e. The highest BCUT2D eigenvalue weighted by Crippen LogP contribution is 2.56. The van der Waals surface area contributed by atoms with Crippen LogP contribution in [0.4, 0.5) is 21.0 Å². The lowest BCUT2D eigenvalue weighted by atomic mass is 9.77. The van der Waals surface area contributed by atoms with Crippen molar-refractivity contribution < 1.29 is 33.3 Å². The molecule has 2 aliphatic heterocycles. The van der Waals surface area contributed by atoms with Crippen molar-refractivity contribution in [1.82, 2.24) is 0 Å². The summed E-state index contributed by atoms with van der Waals surface area (Å²) in [5.74, 6) is 0.231. The molecule has 5 rings (SSSR count). The maximum absolute atomic E-state index is 13.0. The second-order valence-corrected chi connectivity index (χ2v) is 8.16. The molecule has 37 heavy (non-hydrogen) atoms. The Kier molecular flexibility index (Phi) is 6.10. The number of fused-ring (bicyclic) bond motifs is 6. The van der Waals surface area contributed by atoms with E-state index in [1.165, 1.54) is 12.2 Å². The quantitative estimate of drug-likeness (QED) is 0.254. The molecule has 3 aromatic rings. The van der Waals surface area contributed by atoms with E-state index in [0.29, 0.717) is 45.1 Å². The van der Waals surface area contributed by atoms with Crippen LogP contribution in [-0.4, -0.2) is 31.4 Å². The van der Waals surface area contributed by atoms with Crippen LogP contribution in [0.2, 0.25) is 0 Å². The first kappa shape index (κ1) is 23.7. The molecule has 0 unspecified atom stereocenters. The number of benzene rings is 3. The van der Waals surface area contributed by atoms with Gasteiger partial charge in [-0.05, 0) is 30.3 Å². The van der Waals surface area contributed by atoms with E-state index in [1.54, 1.807) is 48.5 Å². The lowest BCUT2D eigenvalue weighted by molar-refractivity contribution is 0.0224. The van der Waals surface area contributed by atoms with Crippen LogP contribution >= 0.6 is 0 Å². The van der Waals surface area contributed by atoms with E-state index in [9.17, 15) is 14.4 Å². The molecule has 3 aromatic carbocycles. The van der Waals surface area contributed by atoms with Crippen LogP contribution in [0.1, 0.15) is 27.0 Å².